The molecule has 1 aliphatic rings. The lowest BCUT2D eigenvalue weighted by molar-refractivity contribution is -0.141. The van der Waals surface area contributed by atoms with E-state index in [4.69, 9.17) is 4.74 Å². The van der Waals surface area contributed by atoms with E-state index in [1.54, 1.807) is 0 Å². The fraction of sp³-hybridized carbons (Fsp3) is 0.480. The number of Topliss-reactive ketones (excluding diaryl/α,β-unsaturated/α-hetero) is 2. The summed E-state index contributed by atoms with van der Waals surface area (Å²) < 4.78 is 5.26. The molecule has 1 aromatic heterocycles. The Morgan fingerprint density at radius 1 is 1.21 bits per heavy atom. The Morgan fingerprint density at radius 2 is 1.97 bits per heavy atom. The van der Waals surface area contributed by atoms with Gasteiger partial charge in [0.25, 0.3) is 5.91 Å². The average molecular weight is 486 g/mol. The molecular formula is C25H31N3O5S. The van der Waals surface area contributed by atoms with Crippen molar-refractivity contribution >= 4 is 34.9 Å². The number of fused-ring (bicyclic) bond motifs is 2. The summed E-state index contributed by atoms with van der Waals surface area (Å²) in [6.07, 6.45) is 1.46. The van der Waals surface area contributed by atoms with Crippen molar-refractivity contribution in [3.05, 3.63) is 52.0 Å². The van der Waals surface area contributed by atoms with Crippen LogP contribution in [0.2, 0.25) is 0 Å². The van der Waals surface area contributed by atoms with Gasteiger partial charge in [0, 0.05) is 30.7 Å². The normalized spacial score (nSPS) is 17.8. The number of rotatable bonds is 7. The Balaban J connectivity index is 1.64. The number of carbonyl (C=O) groups excluding carboxylic acids is 4. The monoisotopic (exact) mass is 485 g/mol. The zero-order chi connectivity index (χ0) is 24.5. The molecule has 8 nitrogen and oxygen atoms in total. The third-order valence-electron chi connectivity index (χ3n) is 5.74. The van der Waals surface area contributed by atoms with E-state index < -0.39 is 29.7 Å². The maximum atomic E-state index is 13.1. The first kappa shape index (κ1) is 25.6. The standard InChI is InChI=1S/C25H31N3O5S/c1-16(2)22(28-25(32)33-14-17-7-4-3-5-8-17)20(29)13-18-10-11-21-27-19(15-34-21)9-6-12-26-24(31)23(18)30/h3-5,7-8,15-16,18,22H,6,9-14H2,1-2H3,(H,26,31)(H,28,32). The van der Waals surface area contributed by atoms with Gasteiger partial charge >= 0.3 is 6.09 Å². The van der Waals surface area contributed by atoms with Gasteiger partial charge in [-0.25, -0.2) is 9.78 Å². The van der Waals surface area contributed by atoms with Crippen molar-refractivity contribution < 1.29 is 23.9 Å². The second kappa shape index (κ2) is 12.4. The van der Waals surface area contributed by atoms with Crippen LogP contribution in [0.1, 0.15) is 49.4 Å². The number of thiazole rings is 1. The summed E-state index contributed by atoms with van der Waals surface area (Å²) in [5.41, 5.74) is 1.81. The Hall–Kier alpha value is -3.07. The summed E-state index contributed by atoms with van der Waals surface area (Å²) in [5, 5.41) is 8.18. The van der Waals surface area contributed by atoms with Gasteiger partial charge in [-0.2, -0.15) is 0 Å². The zero-order valence-electron chi connectivity index (χ0n) is 19.5. The van der Waals surface area contributed by atoms with Crippen molar-refractivity contribution in [1.82, 2.24) is 15.6 Å². The zero-order valence-corrected chi connectivity index (χ0v) is 20.4. The third-order valence-corrected chi connectivity index (χ3v) is 6.70. The number of alkyl carbamates (subject to hydrolysis) is 1. The minimum absolute atomic E-state index is 0.0861. The number of hydrogen-bond donors (Lipinski definition) is 2. The molecule has 2 atom stereocenters. The number of carbonyl (C=O) groups is 4. The van der Waals surface area contributed by atoms with Crippen LogP contribution < -0.4 is 10.6 Å². The third kappa shape index (κ3) is 7.48. The van der Waals surface area contributed by atoms with E-state index >= 15 is 0 Å². The van der Waals surface area contributed by atoms with Crippen LogP contribution in [0.5, 0.6) is 0 Å². The number of ether oxygens (including phenoxy) is 1. The number of aryl methyl sites for hydroxylation is 2. The highest BCUT2D eigenvalue weighted by atomic mass is 32.1. The minimum atomic E-state index is -0.827. The summed E-state index contributed by atoms with van der Waals surface area (Å²) in [6.45, 7) is 4.09. The highest BCUT2D eigenvalue weighted by molar-refractivity contribution is 7.09. The van der Waals surface area contributed by atoms with Gasteiger partial charge in [0.1, 0.15) is 6.61 Å². The molecule has 0 spiro atoms. The molecule has 1 aliphatic heterocycles. The Morgan fingerprint density at radius 3 is 2.71 bits per heavy atom. The molecule has 2 heterocycles. The van der Waals surface area contributed by atoms with E-state index in [-0.39, 0.29) is 24.7 Å². The molecule has 2 N–H and O–H groups in total. The lowest BCUT2D eigenvalue weighted by Crippen LogP contribution is -2.46. The maximum Gasteiger partial charge on any atom is 0.408 e. The van der Waals surface area contributed by atoms with Gasteiger partial charge in [0.05, 0.1) is 16.7 Å². The number of nitrogens with zero attached hydrogens (tertiary/aromatic N) is 1. The van der Waals surface area contributed by atoms with Crippen molar-refractivity contribution in [3.8, 4) is 0 Å². The SMILES string of the molecule is CC(C)C(NC(=O)OCc1ccccc1)C(=O)CC1CCc2nc(cs2)CCCNC(=O)C1=O. The molecule has 0 saturated heterocycles. The number of benzene rings is 1. The highest BCUT2D eigenvalue weighted by Crippen LogP contribution is 2.21. The van der Waals surface area contributed by atoms with Gasteiger partial charge in [0.2, 0.25) is 5.78 Å². The van der Waals surface area contributed by atoms with Crippen LogP contribution in [0.15, 0.2) is 35.7 Å². The number of nitrogens with one attached hydrogen (secondary N) is 2. The van der Waals surface area contributed by atoms with E-state index in [1.165, 1.54) is 11.3 Å². The second-order valence-electron chi connectivity index (χ2n) is 8.79. The van der Waals surface area contributed by atoms with E-state index in [1.807, 2.05) is 49.6 Å². The highest BCUT2D eigenvalue weighted by Gasteiger charge is 2.32. The van der Waals surface area contributed by atoms with Gasteiger partial charge in [-0.15, -0.1) is 11.3 Å². The molecule has 0 saturated carbocycles. The topological polar surface area (TPSA) is 114 Å². The minimum Gasteiger partial charge on any atom is -0.445 e. The van der Waals surface area contributed by atoms with Crippen molar-refractivity contribution in [2.24, 2.45) is 11.8 Å². The van der Waals surface area contributed by atoms with Crippen molar-refractivity contribution in [3.63, 3.8) is 0 Å². The van der Waals surface area contributed by atoms with E-state index in [9.17, 15) is 19.2 Å². The van der Waals surface area contributed by atoms with Crippen LogP contribution >= 0.6 is 11.3 Å². The summed E-state index contributed by atoms with van der Waals surface area (Å²) in [7, 11) is 0. The molecule has 0 aliphatic carbocycles. The molecule has 34 heavy (non-hydrogen) atoms. The van der Waals surface area contributed by atoms with Crippen LogP contribution in [0.25, 0.3) is 0 Å². The number of ketones is 2. The van der Waals surface area contributed by atoms with Gasteiger partial charge in [-0.05, 0) is 30.7 Å². The van der Waals surface area contributed by atoms with Crippen LogP contribution in [-0.4, -0.2) is 41.1 Å². The number of aromatic nitrogens is 1. The smallest absolute Gasteiger partial charge is 0.408 e. The lowest BCUT2D eigenvalue weighted by atomic mass is 9.87. The molecule has 2 bridgehead atoms. The molecular weight excluding hydrogens is 454 g/mol. The largest absolute Gasteiger partial charge is 0.445 e. The molecule has 2 unspecified atom stereocenters. The Kier molecular flexibility index (Phi) is 9.33. The van der Waals surface area contributed by atoms with E-state index in [0.717, 1.165) is 22.7 Å². The second-order valence-corrected chi connectivity index (χ2v) is 9.73. The fourth-order valence-electron chi connectivity index (χ4n) is 3.83. The predicted molar refractivity (Wildman–Crippen MR) is 128 cm³/mol. The van der Waals surface area contributed by atoms with E-state index in [0.29, 0.717) is 25.8 Å². The van der Waals surface area contributed by atoms with Crippen molar-refractivity contribution in [2.75, 3.05) is 6.54 Å². The molecule has 2 aromatic rings. The average Bonchev–Trinajstić information content (AvgIpc) is 3.28. The maximum absolute atomic E-state index is 13.1. The fourth-order valence-corrected chi connectivity index (χ4v) is 4.67. The van der Waals surface area contributed by atoms with Gasteiger partial charge in [-0.1, -0.05) is 44.2 Å². The van der Waals surface area contributed by atoms with Crippen LogP contribution in [0.3, 0.4) is 0 Å². The molecule has 9 heteroatoms. The summed E-state index contributed by atoms with van der Waals surface area (Å²) in [6, 6.07) is 8.41. The summed E-state index contributed by atoms with van der Waals surface area (Å²) >= 11 is 1.53. The van der Waals surface area contributed by atoms with Gasteiger partial charge in [-0.3, -0.25) is 14.4 Å². The molecule has 1 aromatic carbocycles. The number of amides is 2. The Labute approximate surface area is 203 Å². The predicted octanol–water partition coefficient (Wildman–Crippen LogP) is 3.23. The van der Waals surface area contributed by atoms with Gasteiger partial charge in [0.15, 0.2) is 5.78 Å². The van der Waals surface area contributed by atoms with Crippen LogP contribution in [0.4, 0.5) is 4.79 Å². The van der Waals surface area contributed by atoms with Crippen molar-refractivity contribution in [2.45, 2.75) is 58.6 Å². The Bertz CT molecular complexity index is 1000. The summed E-state index contributed by atoms with van der Waals surface area (Å²) in [5.74, 6) is -2.55. The molecule has 0 fully saturated rings. The first-order valence-corrected chi connectivity index (χ1v) is 12.5. The van der Waals surface area contributed by atoms with Crippen LogP contribution in [-0.2, 0) is 38.6 Å². The molecule has 0 radical (unpaired) electrons. The number of hydrogen-bond acceptors (Lipinski definition) is 7. The quantitative estimate of drug-likeness (QED) is 0.582. The molecule has 2 amide bonds. The first-order valence-electron chi connectivity index (χ1n) is 11.6. The lowest BCUT2D eigenvalue weighted by Gasteiger charge is -2.23. The van der Waals surface area contributed by atoms with Crippen molar-refractivity contribution in [1.29, 1.82) is 0 Å². The summed E-state index contributed by atoms with van der Waals surface area (Å²) in [4.78, 5) is 55.3. The van der Waals surface area contributed by atoms with Gasteiger partial charge < -0.3 is 15.4 Å². The first-order chi connectivity index (χ1) is 16.3. The van der Waals surface area contributed by atoms with E-state index in [2.05, 4.69) is 15.6 Å². The van der Waals surface area contributed by atoms with Crippen LogP contribution in [0, 0.1) is 11.8 Å². The molecule has 3 rings (SSSR count). The molecule has 182 valence electrons.